The van der Waals surface area contributed by atoms with Gasteiger partial charge in [0.2, 0.25) is 0 Å². The van der Waals surface area contributed by atoms with Gasteiger partial charge in [-0.15, -0.1) is 0 Å². The van der Waals surface area contributed by atoms with Crippen LogP contribution in [0.25, 0.3) is 0 Å². The van der Waals surface area contributed by atoms with E-state index in [1.54, 1.807) is 4.90 Å². The van der Waals surface area contributed by atoms with E-state index in [0.717, 1.165) is 28.9 Å². The zero-order valence-corrected chi connectivity index (χ0v) is 15.8. The third-order valence-electron chi connectivity index (χ3n) is 4.74. The van der Waals surface area contributed by atoms with Gasteiger partial charge in [0.1, 0.15) is 5.71 Å². The van der Waals surface area contributed by atoms with Crippen molar-refractivity contribution in [3.05, 3.63) is 94.5 Å². The first-order valence-corrected chi connectivity index (χ1v) is 9.37. The van der Waals surface area contributed by atoms with Crippen molar-refractivity contribution in [1.82, 2.24) is 0 Å². The van der Waals surface area contributed by atoms with Crippen molar-refractivity contribution < 1.29 is 4.79 Å². The normalized spacial score (nSPS) is 14.7. The molecule has 3 aromatic rings. The first kappa shape index (κ1) is 17.5. The van der Waals surface area contributed by atoms with E-state index in [4.69, 9.17) is 11.6 Å². The Morgan fingerprint density at radius 1 is 0.889 bits per heavy atom. The van der Waals surface area contributed by atoms with Crippen LogP contribution in [-0.2, 0) is 17.8 Å². The molecule has 0 saturated heterocycles. The summed E-state index contributed by atoms with van der Waals surface area (Å²) in [6, 6.07) is 23.4. The molecule has 27 heavy (non-hydrogen) atoms. The van der Waals surface area contributed by atoms with Crippen molar-refractivity contribution in [1.29, 1.82) is 0 Å². The lowest BCUT2D eigenvalue weighted by atomic mass is 10.1. The number of anilines is 1. The number of aryl methyl sites for hydroxylation is 1. The van der Waals surface area contributed by atoms with Gasteiger partial charge >= 0.3 is 0 Å². The van der Waals surface area contributed by atoms with Gasteiger partial charge in [-0.1, -0.05) is 61.0 Å². The number of rotatable bonds is 4. The van der Waals surface area contributed by atoms with Gasteiger partial charge in [-0.3, -0.25) is 4.79 Å². The number of halogens is 1. The van der Waals surface area contributed by atoms with E-state index in [1.807, 2.05) is 60.7 Å². The fourth-order valence-corrected chi connectivity index (χ4v) is 3.36. The summed E-state index contributed by atoms with van der Waals surface area (Å²) in [6.07, 6.45) is 0.980. The SMILES string of the molecule is CCc1ccc(N=C2C(=O)N(Cc3ccc(Cl)cc3)c3ccccc32)cc1. The number of benzene rings is 3. The molecule has 1 amide bonds. The molecule has 0 radical (unpaired) electrons. The van der Waals surface area contributed by atoms with E-state index >= 15 is 0 Å². The topological polar surface area (TPSA) is 32.7 Å². The summed E-state index contributed by atoms with van der Waals surface area (Å²) in [4.78, 5) is 19.6. The molecule has 0 aliphatic carbocycles. The molecule has 1 aliphatic rings. The highest BCUT2D eigenvalue weighted by atomic mass is 35.5. The fourth-order valence-electron chi connectivity index (χ4n) is 3.23. The number of carbonyl (C=O) groups excluding carboxylic acids is 1. The van der Waals surface area contributed by atoms with Crippen LogP contribution in [-0.4, -0.2) is 11.6 Å². The lowest BCUT2D eigenvalue weighted by Crippen LogP contribution is -2.29. The highest BCUT2D eigenvalue weighted by Gasteiger charge is 2.33. The lowest BCUT2D eigenvalue weighted by Gasteiger charge is -2.16. The lowest BCUT2D eigenvalue weighted by molar-refractivity contribution is -0.112. The Hall–Kier alpha value is -2.91. The number of hydrogen-bond donors (Lipinski definition) is 0. The van der Waals surface area contributed by atoms with Crippen LogP contribution in [0.5, 0.6) is 0 Å². The minimum absolute atomic E-state index is 0.0780. The third-order valence-corrected chi connectivity index (χ3v) is 4.99. The Bertz CT molecular complexity index is 1010. The Balaban J connectivity index is 1.70. The second-order valence-electron chi connectivity index (χ2n) is 6.52. The van der Waals surface area contributed by atoms with E-state index in [9.17, 15) is 4.79 Å². The molecule has 1 heterocycles. The maximum atomic E-state index is 13.1. The molecule has 4 heteroatoms. The number of hydrogen-bond acceptors (Lipinski definition) is 2. The van der Waals surface area contributed by atoms with Crippen molar-refractivity contribution in [2.75, 3.05) is 4.90 Å². The number of amides is 1. The van der Waals surface area contributed by atoms with Crippen molar-refractivity contribution in [3.63, 3.8) is 0 Å². The van der Waals surface area contributed by atoms with Crippen LogP contribution in [0.3, 0.4) is 0 Å². The number of nitrogens with zero attached hydrogens (tertiary/aromatic N) is 2. The first-order chi connectivity index (χ1) is 13.2. The largest absolute Gasteiger partial charge is 0.302 e. The minimum Gasteiger partial charge on any atom is -0.302 e. The van der Waals surface area contributed by atoms with E-state index in [1.165, 1.54) is 5.56 Å². The average Bonchev–Trinajstić information content (AvgIpc) is 2.96. The van der Waals surface area contributed by atoms with Gasteiger partial charge < -0.3 is 4.90 Å². The molecule has 3 aromatic carbocycles. The van der Waals surface area contributed by atoms with Gasteiger partial charge in [0.25, 0.3) is 5.91 Å². The fraction of sp³-hybridized carbons (Fsp3) is 0.130. The zero-order chi connectivity index (χ0) is 18.8. The van der Waals surface area contributed by atoms with Crippen LogP contribution >= 0.6 is 11.6 Å². The summed E-state index contributed by atoms with van der Waals surface area (Å²) in [7, 11) is 0. The molecule has 1 aliphatic heterocycles. The van der Waals surface area contributed by atoms with Crippen molar-refractivity contribution in [2.24, 2.45) is 4.99 Å². The summed E-state index contributed by atoms with van der Waals surface area (Å²) in [5.41, 5.74) is 5.32. The summed E-state index contributed by atoms with van der Waals surface area (Å²) in [6.45, 7) is 2.60. The van der Waals surface area contributed by atoms with Crippen molar-refractivity contribution >= 4 is 34.6 Å². The Kier molecular flexibility index (Phi) is 4.78. The molecule has 3 nitrogen and oxygen atoms in total. The second kappa shape index (κ2) is 7.37. The third kappa shape index (κ3) is 3.51. The molecule has 0 aromatic heterocycles. The molecular weight excluding hydrogens is 356 g/mol. The quantitative estimate of drug-likeness (QED) is 0.587. The van der Waals surface area contributed by atoms with Crippen LogP contribution in [0.1, 0.15) is 23.6 Å². The standard InChI is InChI=1S/C23H19ClN2O/c1-2-16-9-13-19(14-10-16)25-22-20-5-3-4-6-21(20)26(23(22)27)15-17-7-11-18(24)12-8-17/h3-14H,2,15H2,1H3. The monoisotopic (exact) mass is 374 g/mol. The Morgan fingerprint density at radius 2 is 1.56 bits per heavy atom. The van der Waals surface area contributed by atoms with E-state index in [-0.39, 0.29) is 5.91 Å². The summed E-state index contributed by atoms with van der Waals surface area (Å²) >= 11 is 5.97. The van der Waals surface area contributed by atoms with Crippen LogP contribution in [0.2, 0.25) is 5.02 Å². The van der Waals surface area contributed by atoms with Crippen LogP contribution in [0.15, 0.2) is 77.8 Å². The van der Waals surface area contributed by atoms with Gasteiger partial charge in [-0.05, 0) is 47.9 Å². The zero-order valence-electron chi connectivity index (χ0n) is 15.0. The predicted molar refractivity (Wildman–Crippen MR) is 111 cm³/mol. The summed E-state index contributed by atoms with van der Waals surface area (Å²) in [5.74, 6) is -0.0780. The number of fused-ring (bicyclic) bond motifs is 1. The average molecular weight is 375 g/mol. The number of carbonyl (C=O) groups is 1. The predicted octanol–water partition coefficient (Wildman–Crippen LogP) is 5.57. The maximum absolute atomic E-state index is 13.1. The summed E-state index contributed by atoms with van der Waals surface area (Å²) in [5, 5.41) is 0.685. The highest BCUT2D eigenvalue weighted by Crippen LogP contribution is 2.32. The molecule has 4 rings (SSSR count). The second-order valence-corrected chi connectivity index (χ2v) is 6.95. The highest BCUT2D eigenvalue weighted by molar-refractivity contribution is 6.54. The Labute approximate surface area is 163 Å². The minimum atomic E-state index is -0.0780. The van der Waals surface area contributed by atoms with E-state index < -0.39 is 0 Å². The van der Waals surface area contributed by atoms with Gasteiger partial charge in [0, 0.05) is 10.6 Å². The number of aliphatic imine (C=N–C) groups is 1. The molecular formula is C23H19ClN2O. The Morgan fingerprint density at radius 3 is 2.26 bits per heavy atom. The molecule has 134 valence electrons. The molecule has 0 unspecified atom stereocenters. The molecule has 0 N–H and O–H groups in total. The number of para-hydroxylation sites is 1. The van der Waals surface area contributed by atoms with Crippen LogP contribution < -0.4 is 4.90 Å². The van der Waals surface area contributed by atoms with Gasteiger partial charge in [0.05, 0.1) is 17.9 Å². The van der Waals surface area contributed by atoms with Crippen molar-refractivity contribution in [3.8, 4) is 0 Å². The van der Waals surface area contributed by atoms with E-state index in [0.29, 0.717) is 17.3 Å². The molecule has 0 saturated carbocycles. The van der Waals surface area contributed by atoms with E-state index in [2.05, 4.69) is 24.0 Å². The van der Waals surface area contributed by atoms with Crippen LogP contribution in [0, 0.1) is 0 Å². The summed E-state index contributed by atoms with van der Waals surface area (Å²) < 4.78 is 0. The molecule has 0 spiro atoms. The smallest absolute Gasteiger partial charge is 0.277 e. The van der Waals surface area contributed by atoms with Gasteiger partial charge in [0.15, 0.2) is 0 Å². The molecule has 0 bridgehead atoms. The molecule has 0 fully saturated rings. The maximum Gasteiger partial charge on any atom is 0.277 e. The first-order valence-electron chi connectivity index (χ1n) is 8.99. The molecule has 0 atom stereocenters. The van der Waals surface area contributed by atoms with Crippen molar-refractivity contribution in [2.45, 2.75) is 19.9 Å². The van der Waals surface area contributed by atoms with Crippen LogP contribution in [0.4, 0.5) is 11.4 Å². The van der Waals surface area contributed by atoms with Gasteiger partial charge in [-0.25, -0.2) is 4.99 Å². The van der Waals surface area contributed by atoms with Gasteiger partial charge in [-0.2, -0.15) is 0 Å².